The fraction of sp³-hybridized carbons (Fsp3) is 0.167. The fourth-order valence-corrected chi connectivity index (χ4v) is 3.48. The zero-order valence-electron chi connectivity index (χ0n) is 16.4. The maximum atomic E-state index is 13.4. The van der Waals surface area contributed by atoms with Crippen LogP contribution in [0.5, 0.6) is 5.75 Å². The summed E-state index contributed by atoms with van der Waals surface area (Å²) in [4.78, 5) is 37.9. The first-order chi connectivity index (χ1) is 14.5. The van der Waals surface area contributed by atoms with E-state index in [2.05, 4.69) is 0 Å². The van der Waals surface area contributed by atoms with Crippen LogP contribution in [0.2, 0.25) is 0 Å². The van der Waals surface area contributed by atoms with Crippen LogP contribution in [0.15, 0.2) is 84.9 Å². The molecule has 0 heterocycles. The minimum Gasteiger partial charge on any atom is -0.497 e. The minimum absolute atomic E-state index is 0.336. The first kappa shape index (κ1) is 20.9. The SMILES string of the molecule is COc1cccc(C(C[N+](=O)[O-])C(C(=O)c2ccccc2)C(=O)c2ccccc2)c1. The van der Waals surface area contributed by atoms with Crippen molar-refractivity contribution in [3.8, 4) is 5.75 Å². The number of ketones is 2. The molecule has 0 aliphatic carbocycles. The molecule has 0 amide bonds. The van der Waals surface area contributed by atoms with Crippen LogP contribution in [0.1, 0.15) is 32.2 Å². The molecule has 30 heavy (non-hydrogen) atoms. The van der Waals surface area contributed by atoms with Crippen LogP contribution in [0.3, 0.4) is 0 Å². The molecule has 6 heteroatoms. The Morgan fingerprint density at radius 2 is 1.40 bits per heavy atom. The number of Topliss-reactive ketones (excluding diaryl/α,β-unsaturated/α-hetero) is 2. The predicted octanol–water partition coefficient (Wildman–Crippen LogP) is 4.44. The number of carbonyl (C=O) groups is 2. The standard InChI is InChI=1S/C24H21NO5/c1-30-20-14-8-13-19(15-20)21(16-25(28)29)22(23(26)17-9-4-2-5-10-17)24(27)18-11-6-3-7-12-18/h2-15,21-22H,16H2,1H3. The molecule has 0 bridgehead atoms. The average molecular weight is 403 g/mol. The molecule has 0 saturated carbocycles. The Morgan fingerprint density at radius 1 is 0.867 bits per heavy atom. The number of nitro groups is 1. The van der Waals surface area contributed by atoms with E-state index in [9.17, 15) is 19.7 Å². The average Bonchev–Trinajstić information content (AvgIpc) is 2.79. The van der Waals surface area contributed by atoms with E-state index in [4.69, 9.17) is 4.74 Å². The van der Waals surface area contributed by atoms with E-state index in [1.54, 1.807) is 84.9 Å². The molecular weight excluding hydrogens is 382 g/mol. The lowest BCUT2D eigenvalue weighted by molar-refractivity contribution is -0.484. The molecule has 152 valence electrons. The summed E-state index contributed by atoms with van der Waals surface area (Å²) < 4.78 is 5.24. The summed E-state index contributed by atoms with van der Waals surface area (Å²) in [6.07, 6.45) is 0. The van der Waals surface area contributed by atoms with Gasteiger partial charge < -0.3 is 4.74 Å². The quantitative estimate of drug-likeness (QED) is 0.228. The molecule has 0 aliphatic heterocycles. The number of carbonyl (C=O) groups excluding carboxylic acids is 2. The Morgan fingerprint density at radius 3 is 1.87 bits per heavy atom. The number of ether oxygens (including phenoxy) is 1. The smallest absolute Gasteiger partial charge is 0.211 e. The van der Waals surface area contributed by atoms with E-state index in [-0.39, 0.29) is 0 Å². The summed E-state index contributed by atoms with van der Waals surface area (Å²) in [6.45, 7) is -0.561. The van der Waals surface area contributed by atoms with Gasteiger partial charge in [-0.2, -0.15) is 0 Å². The highest BCUT2D eigenvalue weighted by Crippen LogP contribution is 2.33. The molecule has 1 unspecified atom stereocenters. The second-order valence-electron chi connectivity index (χ2n) is 6.84. The van der Waals surface area contributed by atoms with Crippen molar-refractivity contribution in [1.29, 1.82) is 0 Å². The van der Waals surface area contributed by atoms with Gasteiger partial charge in [0.1, 0.15) is 5.75 Å². The molecule has 0 saturated heterocycles. The molecule has 3 aromatic carbocycles. The monoisotopic (exact) mass is 403 g/mol. The summed E-state index contributed by atoms with van der Waals surface area (Å²) in [6, 6.07) is 23.5. The van der Waals surface area contributed by atoms with Crippen LogP contribution < -0.4 is 4.74 Å². The molecule has 0 aromatic heterocycles. The molecule has 6 nitrogen and oxygen atoms in total. The topological polar surface area (TPSA) is 86.5 Å². The molecule has 0 radical (unpaired) electrons. The van der Waals surface area contributed by atoms with Crippen molar-refractivity contribution < 1.29 is 19.2 Å². The van der Waals surface area contributed by atoms with Gasteiger partial charge >= 0.3 is 0 Å². The number of methoxy groups -OCH3 is 1. The third-order valence-electron chi connectivity index (χ3n) is 4.95. The molecule has 3 rings (SSSR count). The van der Waals surface area contributed by atoms with E-state index in [1.807, 2.05) is 0 Å². The van der Waals surface area contributed by atoms with Gasteiger partial charge in [-0.05, 0) is 17.7 Å². The Hall–Kier alpha value is -3.80. The van der Waals surface area contributed by atoms with Gasteiger partial charge in [0.05, 0.1) is 18.9 Å². The van der Waals surface area contributed by atoms with E-state index in [0.717, 1.165) is 0 Å². The van der Waals surface area contributed by atoms with Gasteiger partial charge in [0.2, 0.25) is 6.54 Å². The van der Waals surface area contributed by atoms with E-state index in [1.165, 1.54) is 7.11 Å². The number of hydrogen-bond donors (Lipinski definition) is 0. The van der Waals surface area contributed by atoms with Gasteiger partial charge in [-0.25, -0.2) is 0 Å². The van der Waals surface area contributed by atoms with E-state index < -0.39 is 34.9 Å². The van der Waals surface area contributed by atoms with Crippen LogP contribution in [0, 0.1) is 16.0 Å². The molecule has 0 spiro atoms. The van der Waals surface area contributed by atoms with Gasteiger partial charge in [0.15, 0.2) is 11.6 Å². The summed E-state index contributed by atoms with van der Waals surface area (Å²) in [7, 11) is 1.49. The van der Waals surface area contributed by atoms with Crippen molar-refractivity contribution >= 4 is 11.6 Å². The predicted molar refractivity (Wildman–Crippen MR) is 113 cm³/mol. The van der Waals surface area contributed by atoms with Gasteiger partial charge in [0.25, 0.3) is 0 Å². The van der Waals surface area contributed by atoms with Crippen molar-refractivity contribution in [2.45, 2.75) is 5.92 Å². The molecule has 0 fully saturated rings. The third kappa shape index (κ3) is 4.78. The van der Waals surface area contributed by atoms with Crippen LogP contribution in [-0.4, -0.2) is 30.1 Å². The zero-order chi connectivity index (χ0) is 21.5. The number of benzene rings is 3. The lowest BCUT2D eigenvalue weighted by atomic mass is 9.77. The van der Waals surface area contributed by atoms with Gasteiger partial charge in [-0.3, -0.25) is 19.7 Å². The maximum Gasteiger partial charge on any atom is 0.211 e. The normalized spacial score (nSPS) is 11.7. The molecule has 0 aliphatic rings. The van der Waals surface area contributed by atoms with Crippen molar-refractivity contribution in [3.05, 3.63) is 112 Å². The van der Waals surface area contributed by atoms with Gasteiger partial charge in [-0.15, -0.1) is 0 Å². The molecule has 0 N–H and O–H groups in total. The van der Waals surface area contributed by atoms with E-state index in [0.29, 0.717) is 22.4 Å². The Bertz CT molecular complexity index is 982. The minimum atomic E-state index is -1.24. The highest BCUT2D eigenvalue weighted by molar-refractivity contribution is 6.16. The van der Waals surface area contributed by atoms with Gasteiger partial charge in [0, 0.05) is 16.1 Å². The molecular formula is C24H21NO5. The second kappa shape index (κ2) is 9.60. The van der Waals surface area contributed by atoms with Crippen molar-refractivity contribution in [2.24, 2.45) is 5.92 Å². The Labute approximate surface area is 174 Å². The summed E-state index contributed by atoms with van der Waals surface area (Å²) in [5, 5.41) is 11.5. The summed E-state index contributed by atoms with van der Waals surface area (Å²) in [5.41, 5.74) is 1.18. The van der Waals surface area contributed by atoms with E-state index >= 15 is 0 Å². The molecule has 1 atom stereocenters. The first-order valence-corrected chi connectivity index (χ1v) is 9.45. The lowest BCUT2D eigenvalue weighted by Crippen LogP contribution is -2.34. The lowest BCUT2D eigenvalue weighted by Gasteiger charge is -2.23. The zero-order valence-corrected chi connectivity index (χ0v) is 16.4. The Balaban J connectivity index is 2.14. The fourth-order valence-electron chi connectivity index (χ4n) is 3.48. The summed E-state index contributed by atoms with van der Waals surface area (Å²) in [5.74, 6) is -2.58. The maximum absolute atomic E-state index is 13.4. The number of hydrogen-bond acceptors (Lipinski definition) is 5. The third-order valence-corrected chi connectivity index (χ3v) is 4.95. The first-order valence-electron chi connectivity index (χ1n) is 9.45. The van der Waals surface area contributed by atoms with Gasteiger partial charge in [-0.1, -0.05) is 72.8 Å². The highest BCUT2D eigenvalue weighted by atomic mass is 16.6. The van der Waals surface area contributed by atoms with Crippen LogP contribution in [0.25, 0.3) is 0 Å². The Kier molecular flexibility index (Phi) is 6.70. The van der Waals surface area contributed by atoms with Crippen molar-refractivity contribution in [3.63, 3.8) is 0 Å². The van der Waals surface area contributed by atoms with Crippen molar-refractivity contribution in [2.75, 3.05) is 13.7 Å². The highest BCUT2D eigenvalue weighted by Gasteiger charge is 2.39. The largest absolute Gasteiger partial charge is 0.497 e. The number of rotatable bonds is 9. The number of nitrogens with zero attached hydrogens (tertiary/aromatic N) is 1. The molecule has 3 aromatic rings. The van der Waals surface area contributed by atoms with Crippen LogP contribution in [-0.2, 0) is 0 Å². The van der Waals surface area contributed by atoms with Crippen LogP contribution in [0.4, 0.5) is 0 Å². The summed E-state index contributed by atoms with van der Waals surface area (Å²) >= 11 is 0. The second-order valence-corrected chi connectivity index (χ2v) is 6.84. The van der Waals surface area contributed by atoms with Crippen LogP contribution >= 0.6 is 0 Å². The van der Waals surface area contributed by atoms with Crippen molar-refractivity contribution in [1.82, 2.24) is 0 Å².